The molecule has 1 aliphatic heterocycles. The summed E-state index contributed by atoms with van der Waals surface area (Å²) < 4.78 is 4.97. The summed E-state index contributed by atoms with van der Waals surface area (Å²) in [6.07, 6.45) is -0.385. The second-order valence-electron chi connectivity index (χ2n) is 7.14. The quantitative estimate of drug-likeness (QED) is 0.580. The van der Waals surface area contributed by atoms with Gasteiger partial charge in [0.1, 0.15) is 6.61 Å². The summed E-state index contributed by atoms with van der Waals surface area (Å²) in [5.41, 5.74) is 4.41. The predicted molar refractivity (Wildman–Crippen MR) is 120 cm³/mol. The lowest BCUT2D eigenvalue weighted by atomic mass is 10.1. The van der Waals surface area contributed by atoms with Gasteiger partial charge in [-0.3, -0.25) is 9.69 Å². The fourth-order valence-corrected chi connectivity index (χ4v) is 4.08. The highest BCUT2D eigenvalue weighted by Gasteiger charge is 2.24. The molecule has 1 saturated heterocycles. The molecule has 0 atom stereocenters. The maximum Gasteiger partial charge on any atom is 0.414 e. The van der Waals surface area contributed by atoms with Gasteiger partial charge in [-0.2, -0.15) is 0 Å². The van der Waals surface area contributed by atoms with E-state index in [0.29, 0.717) is 24.4 Å². The van der Waals surface area contributed by atoms with Crippen LogP contribution in [0.2, 0.25) is 0 Å². The topological polar surface area (TPSA) is 58.6 Å². The summed E-state index contributed by atoms with van der Waals surface area (Å²) in [6.45, 7) is 5.07. The van der Waals surface area contributed by atoms with Crippen LogP contribution >= 0.6 is 11.8 Å². The summed E-state index contributed by atoms with van der Waals surface area (Å²) in [5.74, 6) is -0.223. The largest absolute Gasteiger partial charge is 0.447 e. The molecule has 0 radical (unpaired) electrons. The minimum absolute atomic E-state index is 0.223. The van der Waals surface area contributed by atoms with Crippen LogP contribution in [0.1, 0.15) is 21.5 Å². The first-order chi connectivity index (χ1) is 14.5. The second kappa shape index (κ2) is 8.63. The van der Waals surface area contributed by atoms with Crippen LogP contribution in [0.25, 0.3) is 0 Å². The molecule has 0 saturated carbocycles. The number of benzene rings is 3. The number of aryl methyl sites for hydroxylation is 2. The van der Waals surface area contributed by atoms with Crippen LogP contribution in [0.15, 0.2) is 76.5 Å². The van der Waals surface area contributed by atoms with Crippen molar-refractivity contribution >= 4 is 35.1 Å². The number of cyclic esters (lactones) is 1. The molecule has 1 N–H and O–H groups in total. The number of carbonyl (C=O) groups is 2. The van der Waals surface area contributed by atoms with Crippen LogP contribution in [0.5, 0.6) is 0 Å². The molecule has 5 nitrogen and oxygen atoms in total. The van der Waals surface area contributed by atoms with Gasteiger partial charge in [-0.15, -0.1) is 0 Å². The third-order valence-electron chi connectivity index (χ3n) is 5.01. The number of hydrogen-bond donors (Lipinski definition) is 1. The van der Waals surface area contributed by atoms with Gasteiger partial charge in [0.2, 0.25) is 0 Å². The van der Waals surface area contributed by atoms with Crippen LogP contribution in [0.4, 0.5) is 16.2 Å². The Bertz CT molecular complexity index is 1100. The number of anilines is 2. The Balaban J connectivity index is 1.42. The van der Waals surface area contributed by atoms with Crippen molar-refractivity contribution in [3.05, 3.63) is 83.4 Å². The van der Waals surface area contributed by atoms with Gasteiger partial charge >= 0.3 is 6.09 Å². The molecule has 0 aromatic heterocycles. The molecule has 4 rings (SSSR count). The highest BCUT2D eigenvalue weighted by atomic mass is 32.2. The summed E-state index contributed by atoms with van der Waals surface area (Å²) in [6, 6.07) is 21.2. The first-order valence-corrected chi connectivity index (χ1v) is 10.5. The van der Waals surface area contributed by atoms with Crippen LogP contribution in [0.3, 0.4) is 0 Å². The Morgan fingerprint density at radius 2 is 1.73 bits per heavy atom. The van der Waals surface area contributed by atoms with Crippen LogP contribution in [-0.4, -0.2) is 25.2 Å². The monoisotopic (exact) mass is 418 g/mol. The van der Waals surface area contributed by atoms with E-state index in [1.165, 1.54) is 20.9 Å². The number of ether oxygens (including phenoxy) is 1. The Labute approximate surface area is 180 Å². The first kappa shape index (κ1) is 20.0. The standard InChI is InChI=1S/C24H22N2O3S/c1-16-6-9-22(14-17(16)2)30-21-10-7-19(8-11-21)25-23(27)18-4-3-5-20(15-18)26-12-13-29-24(26)28/h3-11,14-15H,12-13H2,1-2H3,(H,25,27). The summed E-state index contributed by atoms with van der Waals surface area (Å²) in [5, 5.41) is 2.91. The number of nitrogens with zero attached hydrogens (tertiary/aromatic N) is 1. The Morgan fingerprint density at radius 3 is 2.43 bits per heavy atom. The van der Waals surface area contributed by atoms with E-state index in [4.69, 9.17) is 4.74 Å². The zero-order valence-corrected chi connectivity index (χ0v) is 17.7. The van der Waals surface area contributed by atoms with E-state index >= 15 is 0 Å². The summed E-state index contributed by atoms with van der Waals surface area (Å²) in [7, 11) is 0. The third-order valence-corrected chi connectivity index (χ3v) is 6.00. The van der Waals surface area contributed by atoms with Crippen LogP contribution in [-0.2, 0) is 4.74 Å². The molecule has 6 heteroatoms. The van der Waals surface area contributed by atoms with E-state index in [1.807, 2.05) is 24.3 Å². The maximum absolute atomic E-state index is 12.7. The molecule has 3 aromatic carbocycles. The molecule has 1 aliphatic rings. The van der Waals surface area contributed by atoms with E-state index in [2.05, 4.69) is 37.4 Å². The van der Waals surface area contributed by atoms with Crippen molar-refractivity contribution in [1.82, 2.24) is 0 Å². The lowest BCUT2D eigenvalue weighted by Gasteiger charge is -2.14. The molecular weight excluding hydrogens is 396 g/mol. The molecule has 30 heavy (non-hydrogen) atoms. The molecule has 1 fully saturated rings. The van der Waals surface area contributed by atoms with Gasteiger partial charge in [-0.1, -0.05) is 23.9 Å². The molecule has 0 unspecified atom stereocenters. The van der Waals surface area contributed by atoms with Crippen molar-refractivity contribution in [2.24, 2.45) is 0 Å². The SMILES string of the molecule is Cc1ccc(Sc2ccc(NC(=O)c3cccc(N4CCOC4=O)c3)cc2)cc1C. The number of nitrogens with one attached hydrogen (secondary N) is 1. The van der Waals surface area contributed by atoms with Gasteiger partial charge in [0.25, 0.3) is 5.91 Å². The molecule has 0 bridgehead atoms. The molecule has 0 aliphatic carbocycles. The van der Waals surface area contributed by atoms with Crippen molar-refractivity contribution < 1.29 is 14.3 Å². The number of hydrogen-bond acceptors (Lipinski definition) is 4. The second-order valence-corrected chi connectivity index (χ2v) is 8.29. The number of amides is 2. The van der Waals surface area contributed by atoms with Gasteiger partial charge < -0.3 is 10.1 Å². The smallest absolute Gasteiger partial charge is 0.414 e. The molecule has 1 heterocycles. The zero-order valence-electron chi connectivity index (χ0n) is 16.8. The first-order valence-electron chi connectivity index (χ1n) is 9.70. The Morgan fingerprint density at radius 1 is 0.967 bits per heavy atom. The van der Waals surface area contributed by atoms with E-state index in [1.54, 1.807) is 36.0 Å². The van der Waals surface area contributed by atoms with Crippen LogP contribution in [0, 0.1) is 13.8 Å². The van der Waals surface area contributed by atoms with Gasteiger partial charge in [-0.05, 0) is 79.6 Å². The van der Waals surface area contributed by atoms with Crippen molar-refractivity contribution in [3.8, 4) is 0 Å². The van der Waals surface area contributed by atoms with Crippen molar-refractivity contribution in [1.29, 1.82) is 0 Å². The molecule has 0 spiro atoms. The van der Waals surface area contributed by atoms with Gasteiger partial charge in [0, 0.05) is 26.7 Å². The lowest BCUT2D eigenvalue weighted by molar-refractivity contribution is 0.102. The lowest BCUT2D eigenvalue weighted by Crippen LogP contribution is -2.23. The predicted octanol–water partition coefficient (Wildman–Crippen LogP) is 5.66. The molecule has 3 aromatic rings. The van der Waals surface area contributed by atoms with Gasteiger partial charge in [0.15, 0.2) is 0 Å². The fraction of sp³-hybridized carbons (Fsp3) is 0.167. The third kappa shape index (κ3) is 4.49. The highest BCUT2D eigenvalue weighted by molar-refractivity contribution is 7.99. The summed E-state index contributed by atoms with van der Waals surface area (Å²) in [4.78, 5) is 28.2. The van der Waals surface area contributed by atoms with E-state index in [-0.39, 0.29) is 12.0 Å². The Hall–Kier alpha value is -3.25. The van der Waals surface area contributed by atoms with Crippen LogP contribution < -0.4 is 10.2 Å². The van der Waals surface area contributed by atoms with E-state index < -0.39 is 0 Å². The molecule has 152 valence electrons. The van der Waals surface area contributed by atoms with E-state index in [9.17, 15) is 9.59 Å². The average molecular weight is 419 g/mol. The average Bonchev–Trinajstić information content (AvgIpc) is 3.18. The number of carbonyl (C=O) groups excluding carboxylic acids is 2. The normalized spacial score (nSPS) is 13.3. The van der Waals surface area contributed by atoms with Crippen molar-refractivity contribution in [2.45, 2.75) is 23.6 Å². The van der Waals surface area contributed by atoms with E-state index in [0.717, 1.165) is 10.6 Å². The number of rotatable bonds is 5. The molecular formula is C24H22N2O3S. The zero-order chi connectivity index (χ0) is 21.1. The van der Waals surface area contributed by atoms with Gasteiger partial charge in [0.05, 0.1) is 6.54 Å². The minimum atomic E-state index is -0.385. The van der Waals surface area contributed by atoms with Crippen molar-refractivity contribution in [2.75, 3.05) is 23.4 Å². The summed E-state index contributed by atoms with van der Waals surface area (Å²) >= 11 is 1.69. The van der Waals surface area contributed by atoms with Gasteiger partial charge in [-0.25, -0.2) is 4.79 Å². The maximum atomic E-state index is 12.7. The highest BCUT2D eigenvalue weighted by Crippen LogP contribution is 2.30. The fourth-order valence-electron chi connectivity index (χ4n) is 3.17. The Kier molecular flexibility index (Phi) is 5.77. The molecule has 2 amide bonds. The van der Waals surface area contributed by atoms with Crippen molar-refractivity contribution in [3.63, 3.8) is 0 Å². The minimum Gasteiger partial charge on any atom is -0.447 e.